The van der Waals surface area contributed by atoms with Crippen LogP contribution in [-0.4, -0.2) is 72.2 Å². The summed E-state index contributed by atoms with van der Waals surface area (Å²) in [6, 6.07) is 13.6. The standard InChI is InChI=1S/C24H30FN5O/c1-31-23-7-3-2-6-22(23)30-13-11-29(12-14-30)19-5-4-10-28(16-19)17-24-26-20-9-8-18(25)15-21(20)27-24/h2-3,6-9,15,19H,4-5,10-14,16-17H2,1H3,(H,26,27)/t19-/m0/s1. The number of imidazole rings is 1. The zero-order valence-corrected chi connectivity index (χ0v) is 18.1. The van der Waals surface area contributed by atoms with E-state index in [1.54, 1.807) is 13.2 Å². The van der Waals surface area contributed by atoms with Gasteiger partial charge in [0.1, 0.15) is 17.4 Å². The molecule has 31 heavy (non-hydrogen) atoms. The summed E-state index contributed by atoms with van der Waals surface area (Å²) in [5.41, 5.74) is 2.80. The summed E-state index contributed by atoms with van der Waals surface area (Å²) in [5, 5.41) is 0. The van der Waals surface area contributed by atoms with Gasteiger partial charge < -0.3 is 14.6 Å². The minimum atomic E-state index is -0.229. The lowest BCUT2D eigenvalue weighted by Crippen LogP contribution is -2.55. The van der Waals surface area contributed by atoms with Crippen molar-refractivity contribution in [1.29, 1.82) is 0 Å². The molecule has 2 fully saturated rings. The molecule has 0 aliphatic carbocycles. The summed E-state index contributed by atoms with van der Waals surface area (Å²) >= 11 is 0. The summed E-state index contributed by atoms with van der Waals surface area (Å²) < 4.78 is 19.0. The highest BCUT2D eigenvalue weighted by Gasteiger charge is 2.29. The maximum atomic E-state index is 13.5. The lowest BCUT2D eigenvalue weighted by molar-refractivity contribution is 0.0875. The van der Waals surface area contributed by atoms with E-state index in [2.05, 4.69) is 36.8 Å². The maximum absolute atomic E-state index is 13.5. The highest BCUT2D eigenvalue weighted by molar-refractivity contribution is 5.74. The zero-order chi connectivity index (χ0) is 21.2. The molecule has 6 nitrogen and oxygen atoms in total. The number of nitrogens with one attached hydrogen (secondary N) is 1. The first-order valence-electron chi connectivity index (χ1n) is 11.2. The van der Waals surface area contributed by atoms with Gasteiger partial charge >= 0.3 is 0 Å². The molecule has 1 N–H and O–H groups in total. The molecule has 0 radical (unpaired) electrons. The number of aromatic amines is 1. The molecular weight excluding hydrogens is 393 g/mol. The third-order valence-electron chi connectivity index (χ3n) is 6.60. The fraction of sp³-hybridized carbons (Fsp3) is 0.458. The smallest absolute Gasteiger partial charge is 0.142 e. The number of para-hydroxylation sites is 2. The van der Waals surface area contributed by atoms with Crippen LogP contribution in [0.2, 0.25) is 0 Å². The number of hydrogen-bond acceptors (Lipinski definition) is 5. The van der Waals surface area contributed by atoms with E-state index in [1.807, 2.05) is 12.1 Å². The molecule has 3 heterocycles. The van der Waals surface area contributed by atoms with E-state index < -0.39 is 0 Å². The first-order chi connectivity index (χ1) is 15.2. The molecule has 164 valence electrons. The number of nitrogens with zero attached hydrogens (tertiary/aromatic N) is 4. The Kier molecular flexibility index (Phi) is 5.78. The van der Waals surface area contributed by atoms with E-state index in [-0.39, 0.29) is 5.82 Å². The molecule has 1 atom stereocenters. The molecule has 7 heteroatoms. The van der Waals surface area contributed by atoms with Crippen molar-refractivity contribution in [2.45, 2.75) is 25.4 Å². The van der Waals surface area contributed by atoms with Gasteiger partial charge in [-0.2, -0.15) is 0 Å². The van der Waals surface area contributed by atoms with Crippen LogP contribution in [0.5, 0.6) is 5.75 Å². The van der Waals surface area contributed by atoms with Gasteiger partial charge in [0.2, 0.25) is 0 Å². The number of piperidine rings is 1. The topological polar surface area (TPSA) is 47.6 Å². The van der Waals surface area contributed by atoms with Gasteiger partial charge in [0.05, 0.1) is 30.4 Å². The summed E-state index contributed by atoms with van der Waals surface area (Å²) in [6.45, 7) is 7.11. The van der Waals surface area contributed by atoms with E-state index in [4.69, 9.17) is 4.74 Å². The van der Waals surface area contributed by atoms with Crippen molar-refractivity contribution in [3.63, 3.8) is 0 Å². The predicted molar refractivity (Wildman–Crippen MR) is 121 cm³/mol. The molecule has 0 spiro atoms. The highest BCUT2D eigenvalue weighted by atomic mass is 19.1. The Bertz CT molecular complexity index is 1030. The van der Waals surface area contributed by atoms with Gasteiger partial charge in [0, 0.05) is 38.8 Å². The van der Waals surface area contributed by atoms with Gasteiger partial charge in [-0.3, -0.25) is 9.80 Å². The fourth-order valence-corrected chi connectivity index (χ4v) is 5.01. The summed E-state index contributed by atoms with van der Waals surface area (Å²) in [7, 11) is 1.74. The Morgan fingerprint density at radius 3 is 2.77 bits per heavy atom. The van der Waals surface area contributed by atoms with Crippen LogP contribution < -0.4 is 9.64 Å². The zero-order valence-electron chi connectivity index (χ0n) is 18.1. The fourth-order valence-electron chi connectivity index (χ4n) is 5.01. The second kappa shape index (κ2) is 8.85. The molecule has 2 aromatic carbocycles. The molecule has 0 unspecified atom stereocenters. The number of rotatable bonds is 5. The van der Waals surface area contributed by atoms with Crippen molar-refractivity contribution >= 4 is 16.7 Å². The van der Waals surface area contributed by atoms with Gasteiger partial charge in [-0.05, 0) is 49.7 Å². The first kappa shape index (κ1) is 20.3. The Balaban J connectivity index is 1.19. The normalized spacial score (nSPS) is 21.0. The third-order valence-corrected chi connectivity index (χ3v) is 6.60. The van der Waals surface area contributed by atoms with E-state index in [1.165, 1.54) is 30.7 Å². The predicted octanol–water partition coefficient (Wildman–Crippen LogP) is 3.50. The summed E-state index contributed by atoms with van der Waals surface area (Å²) in [6.07, 6.45) is 2.45. The van der Waals surface area contributed by atoms with Gasteiger partial charge in [-0.25, -0.2) is 9.37 Å². The van der Waals surface area contributed by atoms with Crippen LogP contribution in [0.25, 0.3) is 11.0 Å². The average molecular weight is 424 g/mol. The molecule has 0 bridgehead atoms. The van der Waals surface area contributed by atoms with Crippen molar-refractivity contribution in [3.8, 4) is 5.75 Å². The number of anilines is 1. The Morgan fingerprint density at radius 1 is 1.10 bits per heavy atom. The summed E-state index contributed by atoms with van der Waals surface area (Å²) in [5.74, 6) is 1.64. The number of benzene rings is 2. The van der Waals surface area contributed by atoms with E-state index in [0.29, 0.717) is 6.04 Å². The number of methoxy groups -OCH3 is 1. The number of H-pyrrole nitrogens is 1. The summed E-state index contributed by atoms with van der Waals surface area (Å²) in [4.78, 5) is 15.5. The number of halogens is 1. The molecule has 3 aromatic rings. The van der Waals surface area contributed by atoms with Crippen LogP contribution in [0.3, 0.4) is 0 Å². The van der Waals surface area contributed by atoms with E-state index in [9.17, 15) is 4.39 Å². The lowest BCUT2D eigenvalue weighted by atomic mass is 10.0. The quantitative estimate of drug-likeness (QED) is 0.681. The van der Waals surface area contributed by atoms with Crippen molar-refractivity contribution in [3.05, 3.63) is 54.1 Å². The molecule has 2 aliphatic rings. The monoisotopic (exact) mass is 423 g/mol. The van der Waals surface area contributed by atoms with Crippen molar-refractivity contribution < 1.29 is 9.13 Å². The van der Waals surface area contributed by atoms with Gasteiger partial charge in [0.25, 0.3) is 0 Å². The molecule has 0 saturated carbocycles. The van der Waals surface area contributed by atoms with Crippen LogP contribution >= 0.6 is 0 Å². The average Bonchev–Trinajstić information content (AvgIpc) is 3.20. The SMILES string of the molecule is COc1ccccc1N1CCN([C@H]2CCCN(Cc3nc4ccc(F)cc4[nH]3)C2)CC1. The number of piperazine rings is 1. The van der Waals surface area contributed by atoms with Crippen LogP contribution in [0, 0.1) is 5.82 Å². The minimum Gasteiger partial charge on any atom is -0.495 e. The Morgan fingerprint density at radius 2 is 1.94 bits per heavy atom. The number of ether oxygens (including phenoxy) is 1. The van der Waals surface area contributed by atoms with Gasteiger partial charge in [-0.1, -0.05) is 12.1 Å². The maximum Gasteiger partial charge on any atom is 0.142 e. The van der Waals surface area contributed by atoms with Crippen LogP contribution in [0.4, 0.5) is 10.1 Å². The molecular formula is C24H30FN5O. The Hall–Kier alpha value is -2.64. The van der Waals surface area contributed by atoms with E-state index in [0.717, 1.165) is 68.4 Å². The minimum absolute atomic E-state index is 0.229. The van der Waals surface area contributed by atoms with Gasteiger partial charge in [-0.15, -0.1) is 0 Å². The molecule has 2 saturated heterocycles. The Labute approximate surface area is 182 Å². The number of likely N-dealkylation sites (tertiary alicyclic amines) is 1. The molecule has 2 aliphatic heterocycles. The third kappa shape index (κ3) is 4.38. The lowest BCUT2D eigenvalue weighted by Gasteiger charge is -2.44. The van der Waals surface area contributed by atoms with Crippen LogP contribution in [0.15, 0.2) is 42.5 Å². The second-order valence-corrected chi connectivity index (χ2v) is 8.57. The van der Waals surface area contributed by atoms with Gasteiger partial charge in [0.15, 0.2) is 0 Å². The highest BCUT2D eigenvalue weighted by Crippen LogP contribution is 2.29. The van der Waals surface area contributed by atoms with Crippen LogP contribution in [0.1, 0.15) is 18.7 Å². The molecule has 5 rings (SSSR count). The van der Waals surface area contributed by atoms with Crippen LogP contribution in [-0.2, 0) is 6.54 Å². The van der Waals surface area contributed by atoms with E-state index >= 15 is 0 Å². The van der Waals surface area contributed by atoms with Crippen molar-refractivity contribution in [2.24, 2.45) is 0 Å². The second-order valence-electron chi connectivity index (χ2n) is 8.57. The molecule has 1 aromatic heterocycles. The largest absolute Gasteiger partial charge is 0.495 e. The number of fused-ring (bicyclic) bond motifs is 1. The number of hydrogen-bond donors (Lipinski definition) is 1. The first-order valence-corrected chi connectivity index (χ1v) is 11.2. The van der Waals surface area contributed by atoms with Crippen molar-refractivity contribution in [1.82, 2.24) is 19.8 Å². The van der Waals surface area contributed by atoms with Crippen molar-refractivity contribution in [2.75, 3.05) is 51.3 Å². The molecule has 0 amide bonds. The number of aromatic nitrogens is 2.